The number of hydrogen-bond donors (Lipinski definition) is 2. The van der Waals surface area contributed by atoms with E-state index in [-0.39, 0.29) is 18.5 Å². The zero-order valence-corrected chi connectivity index (χ0v) is 9.21. The van der Waals surface area contributed by atoms with Crippen molar-refractivity contribution in [3.8, 4) is 5.75 Å². The number of nitrogens with one attached hydrogen (secondary N) is 1. The smallest absolute Gasteiger partial charge is 0.131 e. The first-order valence-electron chi connectivity index (χ1n) is 5.69. The molecule has 0 amide bonds. The van der Waals surface area contributed by atoms with Crippen LogP contribution in [0.5, 0.6) is 5.75 Å². The van der Waals surface area contributed by atoms with E-state index in [9.17, 15) is 4.39 Å². The molecule has 0 saturated heterocycles. The number of benzene rings is 1. The fourth-order valence-corrected chi connectivity index (χ4v) is 2.11. The SMILES string of the molecule is NNCc1c(F)cccc1OC1CCCC1. The largest absolute Gasteiger partial charge is 0.490 e. The molecule has 1 aromatic carbocycles. The molecule has 0 aliphatic heterocycles. The number of halogens is 1. The summed E-state index contributed by atoms with van der Waals surface area (Å²) in [6, 6.07) is 4.89. The van der Waals surface area contributed by atoms with Gasteiger partial charge in [0.2, 0.25) is 0 Å². The van der Waals surface area contributed by atoms with Crippen LogP contribution in [-0.4, -0.2) is 6.10 Å². The van der Waals surface area contributed by atoms with Gasteiger partial charge >= 0.3 is 0 Å². The molecule has 1 aliphatic rings. The minimum atomic E-state index is -0.270. The summed E-state index contributed by atoms with van der Waals surface area (Å²) in [5, 5.41) is 0. The third kappa shape index (κ3) is 2.51. The van der Waals surface area contributed by atoms with E-state index in [2.05, 4.69) is 5.43 Å². The molecular weight excluding hydrogens is 207 g/mol. The van der Waals surface area contributed by atoms with Crippen LogP contribution in [-0.2, 0) is 6.54 Å². The van der Waals surface area contributed by atoms with Crippen LogP contribution in [0.3, 0.4) is 0 Å². The first-order chi connectivity index (χ1) is 7.81. The first kappa shape index (κ1) is 11.4. The lowest BCUT2D eigenvalue weighted by Crippen LogP contribution is -2.23. The van der Waals surface area contributed by atoms with Gasteiger partial charge in [-0.15, -0.1) is 0 Å². The highest BCUT2D eigenvalue weighted by atomic mass is 19.1. The van der Waals surface area contributed by atoms with Crippen LogP contribution in [0, 0.1) is 5.82 Å². The van der Waals surface area contributed by atoms with Crippen LogP contribution in [0.4, 0.5) is 4.39 Å². The maximum absolute atomic E-state index is 13.5. The number of rotatable bonds is 4. The maximum atomic E-state index is 13.5. The molecule has 0 unspecified atom stereocenters. The average Bonchev–Trinajstić information content (AvgIpc) is 2.76. The summed E-state index contributed by atoms with van der Waals surface area (Å²) >= 11 is 0. The van der Waals surface area contributed by atoms with Crippen LogP contribution in [0.2, 0.25) is 0 Å². The van der Waals surface area contributed by atoms with Crippen LogP contribution >= 0.6 is 0 Å². The lowest BCUT2D eigenvalue weighted by molar-refractivity contribution is 0.206. The highest BCUT2D eigenvalue weighted by molar-refractivity contribution is 5.34. The van der Waals surface area contributed by atoms with E-state index in [1.54, 1.807) is 12.1 Å². The summed E-state index contributed by atoms with van der Waals surface area (Å²) in [6.07, 6.45) is 4.76. The van der Waals surface area contributed by atoms with Crippen LogP contribution in [0.25, 0.3) is 0 Å². The monoisotopic (exact) mass is 224 g/mol. The quantitative estimate of drug-likeness (QED) is 0.608. The Balaban J connectivity index is 2.14. The number of ether oxygens (including phenoxy) is 1. The Bertz CT molecular complexity index is 351. The van der Waals surface area contributed by atoms with Crippen molar-refractivity contribution in [2.45, 2.75) is 38.3 Å². The van der Waals surface area contributed by atoms with Crippen molar-refractivity contribution >= 4 is 0 Å². The lowest BCUT2D eigenvalue weighted by atomic mass is 10.2. The summed E-state index contributed by atoms with van der Waals surface area (Å²) in [7, 11) is 0. The molecule has 0 spiro atoms. The van der Waals surface area contributed by atoms with Gasteiger partial charge in [0.25, 0.3) is 0 Å². The van der Waals surface area contributed by atoms with Crippen molar-refractivity contribution in [3.05, 3.63) is 29.6 Å². The van der Waals surface area contributed by atoms with Gasteiger partial charge in [0, 0.05) is 12.1 Å². The standard InChI is InChI=1S/C12H17FN2O/c13-11-6-3-7-12(10(11)8-15-14)16-9-4-1-2-5-9/h3,6-7,9,15H,1-2,4-5,8,14H2. The van der Waals surface area contributed by atoms with Crippen LogP contribution in [0.1, 0.15) is 31.2 Å². The third-order valence-corrected chi connectivity index (χ3v) is 2.95. The van der Waals surface area contributed by atoms with Gasteiger partial charge in [-0.05, 0) is 37.8 Å². The molecule has 88 valence electrons. The van der Waals surface area contributed by atoms with E-state index in [0.29, 0.717) is 11.3 Å². The van der Waals surface area contributed by atoms with Gasteiger partial charge < -0.3 is 4.74 Å². The predicted molar refractivity (Wildman–Crippen MR) is 60.3 cm³/mol. The van der Waals surface area contributed by atoms with Crippen molar-refractivity contribution in [3.63, 3.8) is 0 Å². The van der Waals surface area contributed by atoms with E-state index in [0.717, 1.165) is 12.8 Å². The molecule has 4 heteroatoms. The number of hydrazine groups is 1. The van der Waals surface area contributed by atoms with Crippen molar-refractivity contribution in [1.82, 2.24) is 5.43 Å². The minimum absolute atomic E-state index is 0.235. The predicted octanol–water partition coefficient (Wildman–Crippen LogP) is 2.11. The molecule has 16 heavy (non-hydrogen) atoms. The second kappa shape index (κ2) is 5.27. The van der Waals surface area contributed by atoms with Gasteiger partial charge in [-0.2, -0.15) is 0 Å². The summed E-state index contributed by atoms with van der Waals surface area (Å²) in [5.41, 5.74) is 2.98. The molecule has 1 aromatic rings. The summed E-state index contributed by atoms with van der Waals surface area (Å²) < 4.78 is 19.3. The van der Waals surface area contributed by atoms with Crippen molar-refractivity contribution in [1.29, 1.82) is 0 Å². The topological polar surface area (TPSA) is 47.3 Å². The molecule has 1 fully saturated rings. The van der Waals surface area contributed by atoms with Crippen molar-refractivity contribution in [2.24, 2.45) is 5.84 Å². The molecule has 0 bridgehead atoms. The molecule has 1 aliphatic carbocycles. The zero-order chi connectivity index (χ0) is 11.4. The molecule has 0 radical (unpaired) electrons. The Morgan fingerprint density at radius 1 is 1.38 bits per heavy atom. The molecular formula is C12H17FN2O. The van der Waals surface area contributed by atoms with Gasteiger partial charge in [0.05, 0.1) is 6.10 Å². The summed E-state index contributed by atoms with van der Waals surface area (Å²) in [5.74, 6) is 5.58. The zero-order valence-electron chi connectivity index (χ0n) is 9.21. The molecule has 1 saturated carbocycles. The highest BCUT2D eigenvalue weighted by Gasteiger charge is 2.18. The van der Waals surface area contributed by atoms with E-state index in [1.165, 1.54) is 18.9 Å². The van der Waals surface area contributed by atoms with E-state index in [4.69, 9.17) is 10.6 Å². The second-order valence-electron chi connectivity index (χ2n) is 4.12. The highest BCUT2D eigenvalue weighted by Crippen LogP contribution is 2.27. The van der Waals surface area contributed by atoms with Crippen molar-refractivity contribution in [2.75, 3.05) is 0 Å². The van der Waals surface area contributed by atoms with E-state index < -0.39 is 0 Å². The van der Waals surface area contributed by atoms with Crippen LogP contribution < -0.4 is 16.0 Å². The molecule has 0 heterocycles. The van der Waals surface area contributed by atoms with Gasteiger partial charge in [-0.1, -0.05) is 6.07 Å². The Morgan fingerprint density at radius 3 is 2.81 bits per heavy atom. The second-order valence-corrected chi connectivity index (χ2v) is 4.12. The Kier molecular flexibility index (Phi) is 3.74. The Morgan fingerprint density at radius 2 is 2.12 bits per heavy atom. The molecule has 3 nitrogen and oxygen atoms in total. The average molecular weight is 224 g/mol. The Labute approximate surface area is 94.8 Å². The lowest BCUT2D eigenvalue weighted by Gasteiger charge is -2.16. The van der Waals surface area contributed by atoms with Crippen LogP contribution in [0.15, 0.2) is 18.2 Å². The molecule has 0 aromatic heterocycles. The van der Waals surface area contributed by atoms with Crippen molar-refractivity contribution < 1.29 is 9.13 Å². The fourth-order valence-electron chi connectivity index (χ4n) is 2.11. The summed E-state index contributed by atoms with van der Waals surface area (Å²) in [4.78, 5) is 0. The first-order valence-corrected chi connectivity index (χ1v) is 5.69. The Hall–Kier alpha value is -1.13. The molecule has 3 N–H and O–H groups in total. The maximum Gasteiger partial charge on any atom is 0.131 e. The van der Waals surface area contributed by atoms with Gasteiger partial charge in [-0.25, -0.2) is 4.39 Å². The summed E-state index contributed by atoms with van der Waals surface area (Å²) in [6.45, 7) is 0.286. The van der Waals surface area contributed by atoms with Gasteiger partial charge in [-0.3, -0.25) is 11.3 Å². The third-order valence-electron chi connectivity index (χ3n) is 2.95. The molecule has 0 atom stereocenters. The van der Waals surface area contributed by atoms with Gasteiger partial charge in [0.15, 0.2) is 0 Å². The van der Waals surface area contributed by atoms with E-state index in [1.807, 2.05) is 0 Å². The number of nitrogens with two attached hydrogens (primary N) is 1. The minimum Gasteiger partial charge on any atom is -0.490 e. The normalized spacial score (nSPS) is 16.6. The molecule has 2 rings (SSSR count). The van der Waals surface area contributed by atoms with Gasteiger partial charge in [0.1, 0.15) is 11.6 Å². The van der Waals surface area contributed by atoms with E-state index >= 15 is 0 Å². The number of hydrogen-bond acceptors (Lipinski definition) is 3. The fraction of sp³-hybridized carbons (Fsp3) is 0.500.